The Morgan fingerprint density at radius 1 is 1.37 bits per heavy atom. The van der Waals surface area contributed by atoms with Crippen molar-refractivity contribution in [1.82, 2.24) is 4.90 Å². The Morgan fingerprint density at radius 2 is 2.05 bits per heavy atom. The van der Waals surface area contributed by atoms with Gasteiger partial charge in [0.25, 0.3) is 0 Å². The third-order valence-electron chi connectivity index (χ3n) is 4.86. The second kappa shape index (κ2) is 6.02. The van der Waals surface area contributed by atoms with Crippen molar-refractivity contribution < 1.29 is 4.39 Å². The summed E-state index contributed by atoms with van der Waals surface area (Å²) in [5.74, 6) is 0.509. The Labute approximate surface area is 115 Å². The summed E-state index contributed by atoms with van der Waals surface area (Å²) in [5, 5.41) is 0. The first-order valence-corrected chi connectivity index (χ1v) is 7.28. The second-order valence-electron chi connectivity index (χ2n) is 5.79. The van der Waals surface area contributed by atoms with E-state index in [0.29, 0.717) is 12.5 Å². The van der Waals surface area contributed by atoms with Crippen molar-refractivity contribution in [3.05, 3.63) is 35.6 Å². The third kappa shape index (κ3) is 2.82. The van der Waals surface area contributed by atoms with E-state index in [4.69, 9.17) is 5.73 Å². The number of nitrogens with zero attached hydrogens (tertiary/aromatic N) is 1. The van der Waals surface area contributed by atoms with Crippen molar-refractivity contribution in [3.8, 4) is 0 Å². The molecule has 0 spiro atoms. The summed E-state index contributed by atoms with van der Waals surface area (Å²) < 4.78 is 12.9. The summed E-state index contributed by atoms with van der Waals surface area (Å²) >= 11 is 0. The molecule has 0 bridgehead atoms. The monoisotopic (exact) mass is 264 g/mol. The first-order chi connectivity index (χ1) is 9.12. The third-order valence-corrected chi connectivity index (χ3v) is 4.86. The molecule has 0 aliphatic heterocycles. The number of rotatable bonds is 5. The van der Waals surface area contributed by atoms with Crippen molar-refractivity contribution in [1.29, 1.82) is 0 Å². The molecule has 0 saturated heterocycles. The molecule has 0 heterocycles. The van der Waals surface area contributed by atoms with E-state index < -0.39 is 0 Å². The fourth-order valence-electron chi connectivity index (χ4n) is 3.66. The largest absolute Gasteiger partial charge is 0.329 e. The van der Waals surface area contributed by atoms with Crippen LogP contribution in [0.1, 0.15) is 38.2 Å². The van der Waals surface area contributed by atoms with Gasteiger partial charge in [0.2, 0.25) is 0 Å². The fraction of sp³-hybridized carbons (Fsp3) is 0.625. The maximum atomic E-state index is 12.9. The molecule has 0 radical (unpaired) electrons. The van der Waals surface area contributed by atoms with E-state index in [9.17, 15) is 4.39 Å². The average Bonchev–Trinajstić information content (AvgIpc) is 2.85. The van der Waals surface area contributed by atoms with E-state index in [0.717, 1.165) is 12.1 Å². The standard InChI is InChI=1S/C16H25FN2/c1-3-14-5-4-10-16(14,12-18)19(2)11-13-6-8-15(17)9-7-13/h6-9,14H,3-5,10-12,18H2,1-2H3. The van der Waals surface area contributed by atoms with Gasteiger partial charge in [-0.15, -0.1) is 0 Å². The van der Waals surface area contributed by atoms with Gasteiger partial charge in [-0.1, -0.05) is 31.9 Å². The molecule has 2 rings (SSSR count). The summed E-state index contributed by atoms with van der Waals surface area (Å²) in [5.41, 5.74) is 7.39. The molecular formula is C16H25FN2. The van der Waals surface area contributed by atoms with Crippen LogP contribution in [0.4, 0.5) is 4.39 Å². The molecule has 2 unspecified atom stereocenters. The van der Waals surface area contributed by atoms with Gasteiger partial charge in [-0.05, 0) is 43.5 Å². The molecule has 2 nitrogen and oxygen atoms in total. The fourth-order valence-corrected chi connectivity index (χ4v) is 3.66. The predicted molar refractivity (Wildman–Crippen MR) is 77.3 cm³/mol. The lowest BCUT2D eigenvalue weighted by molar-refractivity contribution is 0.0747. The van der Waals surface area contributed by atoms with Crippen molar-refractivity contribution in [2.45, 2.75) is 44.7 Å². The zero-order chi connectivity index (χ0) is 13.9. The summed E-state index contributed by atoms with van der Waals surface area (Å²) in [6.45, 7) is 3.81. The lowest BCUT2D eigenvalue weighted by atomic mass is 9.83. The topological polar surface area (TPSA) is 29.3 Å². The van der Waals surface area contributed by atoms with Crippen LogP contribution in [-0.4, -0.2) is 24.0 Å². The van der Waals surface area contributed by atoms with E-state index in [1.165, 1.54) is 37.8 Å². The molecule has 0 amide bonds. The molecular weight excluding hydrogens is 239 g/mol. The average molecular weight is 264 g/mol. The van der Waals surface area contributed by atoms with Gasteiger partial charge in [0.05, 0.1) is 0 Å². The molecule has 1 saturated carbocycles. The molecule has 106 valence electrons. The van der Waals surface area contributed by atoms with Gasteiger partial charge in [-0.2, -0.15) is 0 Å². The van der Waals surface area contributed by atoms with Crippen LogP contribution in [0.3, 0.4) is 0 Å². The maximum absolute atomic E-state index is 12.9. The normalized spacial score (nSPS) is 27.1. The molecule has 2 atom stereocenters. The molecule has 2 N–H and O–H groups in total. The highest BCUT2D eigenvalue weighted by molar-refractivity contribution is 5.17. The van der Waals surface area contributed by atoms with E-state index in [-0.39, 0.29) is 11.4 Å². The second-order valence-corrected chi connectivity index (χ2v) is 5.79. The summed E-state index contributed by atoms with van der Waals surface area (Å²) in [7, 11) is 2.16. The first-order valence-electron chi connectivity index (χ1n) is 7.28. The number of likely N-dealkylation sites (N-methyl/N-ethyl adjacent to an activating group) is 1. The van der Waals surface area contributed by atoms with E-state index in [1.54, 1.807) is 0 Å². The summed E-state index contributed by atoms with van der Waals surface area (Å²) in [6.07, 6.45) is 4.91. The number of benzene rings is 1. The predicted octanol–water partition coefficient (Wildman–Crippen LogP) is 3.17. The van der Waals surface area contributed by atoms with E-state index in [1.807, 2.05) is 12.1 Å². The highest BCUT2D eigenvalue weighted by Crippen LogP contribution is 2.41. The smallest absolute Gasteiger partial charge is 0.123 e. The number of hydrogen-bond acceptors (Lipinski definition) is 2. The molecule has 0 aromatic heterocycles. The lowest BCUT2D eigenvalue weighted by Gasteiger charge is -2.43. The van der Waals surface area contributed by atoms with Crippen molar-refractivity contribution >= 4 is 0 Å². The van der Waals surface area contributed by atoms with Crippen LogP contribution in [-0.2, 0) is 6.54 Å². The van der Waals surface area contributed by atoms with Crippen molar-refractivity contribution in [2.75, 3.05) is 13.6 Å². The highest BCUT2D eigenvalue weighted by Gasteiger charge is 2.43. The maximum Gasteiger partial charge on any atom is 0.123 e. The first kappa shape index (κ1) is 14.5. The summed E-state index contributed by atoms with van der Waals surface area (Å²) in [6, 6.07) is 6.80. The minimum Gasteiger partial charge on any atom is -0.329 e. The van der Waals surface area contributed by atoms with Gasteiger partial charge in [0.15, 0.2) is 0 Å². The van der Waals surface area contributed by atoms with Gasteiger partial charge >= 0.3 is 0 Å². The quantitative estimate of drug-likeness (QED) is 0.885. The van der Waals surface area contributed by atoms with Crippen LogP contribution < -0.4 is 5.73 Å². The van der Waals surface area contributed by atoms with Crippen LogP contribution in [0, 0.1) is 11.7 Å². The minimum absolute atomic E-state index is 0.128. The van der Waals surface area contributed by atoms with Crippen LogP contribution in [0.5, 0.6) is 0 Å². The number of halogens is 1. The number of hydrogen-bond donors (Lipinski definition) is 1. The van der Waals surface area contributed by atoms with Crippen LogP contribution >= 0.6 is 0 Å². The Morgan fingerprint density at radius 3 is 2.63 bits per heavy atom. The lowest BCUT2D eigenvalue weighted by Crippen LogP contribution is -2.54. The minimum atomic E-state index is -0.174. The van der Waals surface area contributed by atoms with Gasteiger partial charge in [0.1, 0.15) is 5.82 Å². The summed E-state index contributed by atoms with van der Waals surface area (Å²) in [4.78, 5) is 2.39. The molecule has 1 aromatic rings. The zero-order valence-electron chi connectivity index (χ0n) is 12.0. The Bertz CT molecular complexity index is 404. The Hall–Kier alpha value is -0.930. The van der Waals surface area contributed by atoms with E-state index >= 15 is 0 Å². The number of nitrogens with two attached hydrogens (primary N) is 1. The van der Waals surface area contributed by atoms with Crippen LogP contribution in [0.25, 0.3) is 0 Å². The van der Waals surface area contributed by atoms with Gasteiger partial charge in [0, 0.05) is 18.6 Å². The molecule has 19 heavy (non-hydrogen) atoms. The van der Waals surface area contributed by atoms with Gasteiger partial charge < -0.3 is 5.73 Å². The molecule has 1 fully saturated rings. The van der Waals surface area contributed by atoms with E-state index in [2.05, 4.69) is 18.9 Å². The van der Waals surface area contributed by atoms with Crippen LogP contribution in [0.15, 0.2) is 24.3 Å². The molecule has 3 heteroatoms. The highest BCUT2D eigenvalue weighted by atomic mass is 19.1. The van der Waals surface area contributed by atoms with Crippen molar-refractivity contribution in [3.63, 3.8) is 0 Å². The molecule has 1 aliphatic rings. The van der Waals surface area contributed by atoms with Gasteiger partial charge in [-0.3, -0.25) is 4.90 Å². The van der Waals surface area contributed by atoms with Crippen molar-refractivity contribution in [2.24, 2.45) is 11.7 Å². The Kier molecular flexibility index (Phi) is 4.58. The SMILES string of the molecule is CCC1CCCC1(CN)N(C)Cc1ccc(F)cc1. The van der Waals surface area contributed by atoms with Gasteiger partial charge in [-0.25, -0.2) is 4.39 Å². The molecule has 1 aromatic carbocycles. The Balaban J connectivity index is 2.12. The molecule has 1 aliphatic carbocycles. The van der Waals surface area contributed by atoms with Crippen LogP contribution in [0.2, 0.25) is 0 Å². The zero-order valence-corrected chi connectivity index (χ0v) is 12.0.